The summed E-state index contributed by atoms with van der Waals surface area (Å²) in [5.41, 5.74) is 9.08. The maximum atomic E-state index is 13.3. The molecule has 1 heterocycles. The first-order valence-corrected chi connectivity index (χ1v) is 6.55. The lowest BCUT2D eigenvalue weighted by Gasteiger charge is -2.08. The van der Waals surface area contributed by atoms with Crippen molar-refractivity contribution in [2.45, 2.75) is 6.92 Å². The fourth-order valence-electron chi connectivity index (χ4n) is 2.17. The molecule has 2 aromatic carbocycles. The van der Waals surface area contributed by atoms with Gasteiger partial charge in [0.15, 0.2) is 0 Å². The molecule has 2 N–H and O–H groups in total. The Morgan fingerprint density at radius 1 is 1.21 bits per heavy atom. The lowest BCUT2D eigenvalue weighted by atomic mass is 10.2. The number of anilines is 1. The number of nitrogens with two attached hydrogens (primary N) is 1. The van der Waals surface area contributed by atoms with Crippen LogP contribution in [0.4, 0.5) is 10.1 Å². The summed E-state index contributed by atoms with van der Waals surface area (Å²) in [6.45, 7) is 1.91. The van der Waals surface area contributed by atoms with E-state index in [-0.39, 0.29) is 5.82 Å². The van der Waals surface area contributed by atoms with E-state index < -0.39 is 0 Å². The Hall–Kier alpha value is -1.88. The normalized spacial score (nSPS) is 11.1. The summed E-state index contributed by atoms with van der Waals surface area (Å²) < 4.78 is 15.7. The van der Waals surface area contributed by atoms with Crippen molar-refractivity contribution in [3.05, 3.63) is 52.5 Å². The van der Waals surface area contributed by atoms with Crippen LogP contribution in [-0.2, 0) is 0 Å². The highest BCUT2D eigenvalue weighted by atomic mass is 79.9. The number of nitrogens with zero attached hydrogens (tertiary/aromatic N) is 2. The molecule has 96 valence electrons. The second kappa shape index (κ2) is 4.35. The highest BCUT2D eigenvalue weighted by Gasteiger charge is 2.10. The number of aryl methyl sites for hydroxylation is 1. The number of aromatic nitrogens is 2. The largest absolute Gasteiger partial charge is 0.399 e. The lowest BCUT2D eigenvalue weighted by molar-refractivity contribution is 0.620. The van der Waals surface area contributed by atoms with Gasteiger partial charge in [-0.05, 0) is 59.3 Å². The van der Waals surface area contributed by atoms with E-state index in [0.29, 0.717) is 10.2 Å². The van der Waals surface area contributed by atoms with E-state index >= 15 is 0 Å². The summed E-state index contributed by atoms with van der Waals surface area (Å²) in [7, 11) is 0. The van der Waals surface area contributed by atoms with E-state index in [2.05, 4.69) is 20.9 Å². The van der Waals surface area contributed by atoms with Gasteiger partial charge in [-0.25, -0.2) is 9.37 Å². The Bertz CT molecular complexity index is 780. The minimum Gasteiger partial charge on any atom is -0.399 e. The number of hydrogen-bond donors (Lipinski definition) is 1. The summed E-state index contributed by atoms with van der Waals surface area (Å²) >= 11 is 3.20. The van der Waals surface area contributed by atoms with Gasteiger partial charge in [-0.1, -0.05) is 0 Å². The third-order valence-corrected chi connectivity index (χ3v) is 3.62. The fraction of sp³-hybridized carbons (Fsp3) is 0.0714. The molecular formula is C14H11BrFN3. The maximum absolute atomic E-state index is 13.3. The van der Waals surface area contributed by atoms with Gasteiger partial charge >= 0.3 is 0 Å². The van der Waals surface area contributed by atoms with Crippen LogP contribution < -0.4 is 5.73 Å². The van der Waals surface area contributed by atoms with E-state index in [1.807, 2.05) is 29.7 Å². The third-order valence-electron chi connectivity index (χ3n) is 3.01. The van der Waals surface area contributed by atoms with Crippen molar-refractivity contribution in [3.8, 4) is 5.69 Å². The van der Waals surface area contributed by atoms with Crippen LogP contribution in [0.1, 0.15) is 5.82 Å². The minimum absolute atomic E-state index is 0.282. The average molecular weight is 320 g/mol. The molecular weight excluding hydrogens is 309 g/mol. The highest BCUT2D eigenvalue weighted by Crippen LogP contribution is 2.25. The molecule has 3 nitrogen and oxygen atoms in total. The molecule has 0 spiro atoms. The Morgan fingerprint density at radius 3 is 2.74 bits per heavy atom. The average Bonchev–Trinajstić information content (AvgIpc) is 2.68. The summed E-state index contributed by atoms with van der Waals surface area (Å²) in [6.07, 6.45) is 0. The predicted octanol–water partition coefficient (Wildman–Crippen LogP) is 3.82. The van der Waals surface area contributed by atoms with Crippen molar-refractivity contribution < 1.29 is 4.39 Å². The van der Waals surface area contributed by atoms with Crippen LogP contribution in [-0.4, -0.2) is 9.55 Å². The monoisotopic (exact) mass is 319 g/mol. The molecule has 0 saturated carbocycles. The van der Waals surface area contributed by atoms with Crippen molar-refractivity contribution in [3.63, 3.8) is 0 Å². The number of benzene rings is 2. The van der Waals surface area contributed by atoms with Crippen molar-refractivity contribution in [1.82, 2.24) is 9.55 Å². The Labute approximate surface area is 118 Å². The lowest BCUT2D eigenvalue weighted by Crippen LogP contribution is -1.97. The number of hydrogen-bond acceptors (Lipinski definition) is 2. The Kier molecular flexibility index (Phi) is 2.78. The Balaban J connectivity index is 2.29. The smallest absolute Gasteiger partial charge is 0.137 e. The van der Waals surface area contributed by atoms with Gasteiger partial charge in [0.2, 0.25) is 0 Å². The van der Waals surface area contributed by atoms with Gasteiger partial charge in [-0.2, -0.15) is 0 Å². The summed E-state index contributed by atoms with van der Waals surface area (Å²) in [5.74, 6) is 0.550. The van der Waals surface area contributed by atoms with Gasteiger partial charge in [0.1, 0.15) is 11.6 Å². The van der Waals surface area contributed by atoms with E-state index in [4.69, 9.17) is 5.73 Å². The molecule has 0 aliphatic carbocycles. The molecule has 0 radical (unpaired) electrons. The van der Waals surface area contributed by atoms with Crippen LogP contribution in [0.25, 0.3) is 16.7 Å². The number of halogens is 2. The standard InChI is InChI=1S/C14H11BrFN3/c1-8-18-13-6-9(17)2-5-14(13)19(8)10-3-4-12(16)11(15)7-10/h2-7H,17H2,1H3. The van der Waals surface area contributed by atoms with Gasteiger partial charge in [0.05, 0.1) is 15.5 Å². The molecule has 1 aromatic heterocycles. The number of imidazole rings is 1. The molecule has 0 bridgehead atoms. The molecule has 0 saturated heterocycles. The second-order valence-electron chi connectivity index (χ2n) is 4.34. The molecule has 3 rings (SSSR count). The summed E-state index contributed by atoms with van der Waals surface area (Å²) in [5, 5.41) is 0. The quantitative estimate of drug-likeness (QED) is 0.693. The topological polar surface area (TPSA) is 43.8 Å². The molecule has 0 amide bonds. The molecule has 0 fully saturated rings. The van der Waals surface area contributed by atoms with Gasteiger partial charge in [-0.15, -0.1) is 0 Å². The molecule has 19 heavy (non-hydrogen) atoms. The zero-order valence-corrected chi connectivity index (χ0v) is 11.8. The van der Waals surface area contributed by atoms with Crippen molar-refractivity contribution >= 4 is 32.7 Å². The molecule has 0 unspecified atom stereocenters. The highest BCUT2D eigenvalue weighted by molar-refractivity contribution is 9.10. The zero-order chi connectivity index (χ0) is 13.6. The minimum atomic E-state index is -0.282. The SMILES string of the molecule is Cc1nc2cc(N)ccc2n1-c1ccc(F)c(Br)c1. The number of nitrogen functional groups attached to an aromatic ring is 1. The number of rotatable bonds is 1. The van der Waals surface area contributed by atoms with E-state index in [9.17, 15) is 4.39 Å². The van der Waals surface area contributed by atoms with E-state index in [1.54, 1.807) is 12.1 Å². The van der Waals surface area contributed by atoms with Gasteiger partial charge in [0.25, 0.3) is 0 Å². The first kappa shape index (κ1) is 12.2. The number of fused-ring (bicyclic) bond motifs is 1. The van der Waals surface area contributed by atoms with Gasteiger partial charge in [0, 0.05) is 11.4 Å². The van der Waals surface area contributed by atoms with Crippen LogP contribution in [0.3, 0.4) is 0 Å². The van der Waals surface area contributed by atoms with E-state index in [0.717, 1.165) is 22.5 Å². The summed E-state index contributed by atoms with van der Waals surface area (Å²) in [4.78, 5) is 4.48. The summed E-state index contributed by atoms with van der Waals surface area (Å²) in [6, 6.07) is 10.5. The first-order chi connectivity index (χ1) is 9.06. The molecule has 3 aromatic rings. The van der Waals surface area contributed by atoms with Crippen molar-refractivity contribution in [1.29, 1.82) is 0 Å². The molecule has 0 aliphatic heterocycles. The second-order valence-corrected chi connectivity index (χ2v) is 5.20. The van der Waals surface area contributed by atoms with Crippen LogP contribution in [0, 0.1) is 12.7 Å². The van der Waals surface area contributed by atoms with Crippen molar-refractivity contribution in [2.75, 3.05) is 5.73 Å². The molecule has 0 aliphatic rings. The first-order valence-electron chi connectivity index (χ1n) is 5.76. The van der Waals surface area contributed by atoms with Crippen LogP contribution in [0.5, 0.6) is 0 Å². The zero-order valence-electron chi connectivity index (χ0n) is 10.2. The third kappa shape index (κ3) is 2.00. The van der Waals surface area contributed by atoms with Gasteiger partial charge in [-0.3, -0.25) is 4.57 Å². The fourth-order valence-corrected chi connectivity index (χ4v) is 2.53. The van der Waals surface area contributed by atoms with Crippen molar-refractivity contribution in [2.24, 2.45) is 0 Å². The van der Waals surface area contributed by atoms with Crippen LogP contribution in [0.15, 0.2) is 40.9 Å². The maximum Gasteiger partial charge on any atom is 0.137 e. The molecule has 0 atom stereocenters. The van der Waals surface area contributed by atoms with Crippen LogP contribution >= 0.6 is 15.9 Å². The Morgan fingerprint density at radius 2 is 2.00 bits per heavy atom. The molecule has 5 heteroatoms. The predicted molar refractivity (Wildman–Crippen MR) is 77.9 cm³/mol. The van der Waals surface area contributed by atoms with Gasteiger partial charge < -0.3 is 5.73 Å². The van der Waals surface area contributed by atoms with Crippen LogP contribution in [0.2, 0.25) is 0 Å². The van der Waals surface area contributed by atoms with E-state index in [1.165, 1.54) is 6.07 Å².